The smallest absolute Gasteiger partial charge is 0.253 e. The van der Waals surface area contributed by atoms with Crippen LogP contribution in [0.3, 0.4) is 0 Å². The number of hydrogen-bond acceptors (Lipinski definition) is 8. The molecule has 0 bridgehead atoms. The number of carbonyl (C=O) groups is 3. The Hall–Kier alpha value is -4.30. The van der Waals surface area contributed by atoms with Crippen molar-refractivity contribution in [2.75, 3.05) is 26.7 Å². The molecule has 12 nitrogen and oxygen atoms in total. The first-order valence-electron chi connectivity index (χ1n) is 14.6. The molecule has 45 heavy (non-hydrogen) atoms. The van der Waals surface area contributed by atoms with Crippen LogP contribution >= 0.6 is 0 Å². The molecule has 3 amide bonds. The Morgan fingerprint density at radius 2 is 1.47 bits per heavy atom. The lowest BCUT2D eigenvalue weighted by atomic mass is 9.99. The second kappa shape index (κ2) is 16.1. The van der Waals surface area contributed by atoms with E-state index in [0.717, 1.165) is 12.8 Å². The second-order valence-electron chi connectivity index (χ2n) is 10.8. The molecular weight excluding hydrogens is 598 g/mol. The van der Waals surface area contributed by atoms with Gasteiger partial charge in [0.1, 0.15) is 5.75 Å². The number of benzene rings is 3. The Kier molecular flexibility index (Phi) is 12.6. The predicted molar refractivity (Wildman–Crippen MR) is 170 cm³/mol. The van der Waals surface area contributed by atoms with Crippen LogP contribution in [0, 0.1) is 0 Å². The molecule has 0 fully saturated rings. The van der Waals surface area contributed by atoms with Crippen LogP contribution in [-0.4, -0.2) is 85.1 Å². The number of aromatic hydroxyl groups is 1. The van der Waals surface area contributed by atoms with E-state index in [9.17, 15) is 33.0 Å². The van der Waals surface area contributed by atoms with Gasteiger partial charge in [-0.1, -0.05) is 44.2 Å². The van der Waals surface area contributed by atoms with Crippen LogP contribution in [0.2, 0.25) is 0 Å². The van der Waals surface area contributed by atoms with Gasteiger partial charge >= 0.3 is 0 Å². The largest absolute Gasteiger partial charge is 0.508 e. The molecular formula is C32H41N5O7S. The normalized spacial score (nSPS) is 12.8. The lowest BCUT2D eigenvalue weighted by Crippen LogP contribution is -2.52. The van der Waals surface area contributed by atoms with Crippen molar-refractivity contribution in [2.45, 2.75) is 50.2 Å². The van der Waals surface area contributed by atoms with Gasteiger partial charge in [0.05, 0.1) is 17.0 Å². The molecule has 13 heteroatoms. The maximum absolute atomic E-state index is 13.6. The number of amides is 3. The number of aliphatic hydroxyl groups excluding tert-OH is 1. The van der Waals surface area contributed by atoms with Gasteiger partial charge in [-0.15, -0.1) is 4.83 Å². The molecule has 2 unspecified atom stereocenters. The zero-order valence-corrected chi connectivity index (χ0v) is 26.5. The molecule has 0 aliphatic rings. The quantitative estimate of drug-likeness (QED) is 0.148. The van der Waals surface area contributed by atoms with Crippen LogP contribution in [0.25, 0.3) is 0 Å². The first kappa shape index (κ1) is 35.2. The number of hydrazine groups is 1. The molecule has 2 atom stereocenters. The Balaban J connectivity index is 1.89. The van der Waals surface area contributed by atoms with Crippen molar-refractivity contribution in [1.82, 2.24) is 20.1 Å². The van der Waals surface area contributed by atoms with Crippen molar-refractivity contribution in [3.8, 4) is 5.75 Å². The third kappa shape index (κ3) is 10.1. The number of sulfonamides is 1. The maximum atomic E-state index is 13.6. The number of nitrogens with zero attached hydrogens (tertiary/aromatic N) is 2. The van der Waals surface area contributed by atoms with Crippen molar-refractivity contribution in [3.63, 3.8) is 0 Å². The van der Waals surface area contributed by atoms with E-state index >= 15 is 0 Å². The SMILES string of the molecule is CCCN(CCC)C(=O)c1cc(C(N)=O)cc(C(=O)NC(Cc2ccc(O)cc2)C(O)CN(C)NS(=O)(=O)c2ccccc2)c1. The number of carbonyl (C=O) groups excluding carboxylic acids is 3. The van der Waals surface area contributed by atoms with E-state index in [1.807, 2.05) is 13.8 Å². The van der Waals surface area contributed by atoms with E-state index in [1.165, 1.54) is 54.5 Å². The number of hydrogen-bond donors (Lipinski definition) is 5. The number of likely N-dealkylation sites (N-methyl/N-ethyl adjacent to an activating group) is 1. The minimum absolute atomic E-state index is 0.0105. The van der Waals surface area contributed by atoms with Crippen LogP contribution in [-0.2, 0) is 16.4 Å². The third-order valence-corrected chi connectivity index (χ3v) is 8.41. The van der Waals surface area contributed by atoms with Gasteiger partial charge < -0.3 is 26.2 Å². The summed E-state index contributed by atoms with van der Waals surface area (Å²) in [6.45, 7) is 4.66. The minimum atomic E-state index is -3.93. The molecule has 3 aromatic carbocycles. The lowest BCUT2D eigenvalue weighted by Gasteiger charge is -2.28. The highest BCUT2D eigenvalue weighted by molar-refractivity contribution is 7.89. The van der Waals surface area contributed by atoms with Gasteiger partial charge in [-0.2, -0.15) is 0 Å². The molecule has 0 spiro atoms. The van der Waals surface area contributed by atoms with E-state index in [2.05, 4.69) is 10.1 Å². The number of phenols is 1. The van der Waals surface area contributed by atoms with Crippen molar-refractivity contribution in [1.29, 1.82) is 0 Å². The summed E-state index contributed by atoms with van der Waals surface area (Å²) < 4.78 is 25.6. The van der Waals surface area contributed by atoms with Crippen LogP contribution in [0.4, 0.5) is 0 Å². The Morgan fingerprint density at radius 3 is 2.04 bits per heavy atom. The summed E-state index contributed by atoms with van der Waals surface area (Å²) in [4.78, 5) is 43.2. The zero-order valence-electron chi connectivity index (χ0n) is 25.6. The van der Waals surface area contributed by atoms with E-state index in [0.29, 0.717) is 18.7 Å². The van der Waals surface area contributed by atoms with E-state index in [4.69, 9.17) is 5.73 Å². The summed E-state index contributed by atoms with van der Waals surface area (Å²) in [6.07, 6.45) is 0.258. The molecule has 0 saturated heterocycles. The van der Waals surface area contributed by atoms with E-state index < -0.39 is 34.0 Å². The zero-order chi connectivity index (χ0) is 33.1. The molecule has 6 N–H and O–H groups in total. The van der Waals surface area contributed by atoms with Crippen LogP contribution < -0.4 is 15.9 Å². The highest BCUT2D eigenvalue weighted by atomic mass is 32.2. The molecule has 0 heterocycles. The predicted octanol–water partition coefficient (Wildman–Crippen LogP) is 2.28. The van der Waals surface area contributed by atoms with Gasteiger partial charge in [-0.3, -0.25) is 14.4 Å². The van der Waals surface area contributed by atoms with Crippen LogP contribution in [0.15, 0.2) is 77.7 Å². The molecule has 3 aromatic rings. The minimum Gasteiger partial charge on any atom is -0.508 e. The molecule has 0 radical (unpaired) electrons. The summed E-state index contributed by atoms with van der Waals surface area (Å²) in [6, 6.07) is 17.0. The summed E-state index contributed by atoms with van der Waals surface area (Å²) in [7, 11) is -2.49. The van der Waals surface area contributed by atoms with Gasteiger partial charge in [-0.25, -0.2) is 13.4 Å². The number of primary amides is 1. The van der Waals surface area contributed by atoms with Crippen molar-refractivity contribution in [2.24, 2.45) is 5.73 Å². The molecule has 0 aromatic heterocycles. The van der Waals surface area contributed by atoms with Crippen molar-refractivity contribution in [3.05, 3.63) is 95.1 Å². The molecule has 0 aliphatic carbocycles. The molecule has 3 rings (SSSR count). The Morgan fingerprint density at radius 1 is 0.889 bits per heavy atom. The monoisotopic (exact) mass is 639 g/mol. The average molecular weight is 640 g/mol. The van der Waals surface area contributed by atoms with Gasteiger partial charge in [0, 0.05) is 43.4 Å². The van der Waals surface area contributed by atoms with Gasteiger partial charge in [0.2, 0.25) is 5.91 Å². The van der Waals surface area contributed by atoms with E-state index in [-0.39, 0.29) is 46.2 Å². The summed E-state index contributed by atoms with van der Waals surface area (Å²) in [5.74, 6) is -1.80. The lowest BCUT2D eigenvalue weighted by molar-refractivity contribution is 0.0687. The fourth-order valence-corrected chi connectivity index (χ4v) is 5.89. The second-order valence-corrected chi connectivity index (χ2v) is 12.4. The first-order valence-corrected chi connectivity index (χ1v) is 16.1. The highest BCUT2D eigenvalue weighted by Gasteiger charge is 2.27. The fourth-order valence-electron chi connectivity index (χ4n) is 4.79. The first-order chi connectivity index (χ1) is 21.3. The summed E-state index contributed by atoms with van der Waals surface area (Å²) in [5, 5.41) is 24.9. The standard InChI is InChI=1S/C32H41N5O7S/c1-4-15-37(16-5-2)32(42)25-19-23(30(33)40)18-24(20-25)31(41)34-28(17-22-11-13-26(38)14-12-22)29(39)21-36(3)35-45(43,44)27-9-7-6-8-10-27/h6-14,18-20,28-29,35,38-39H,4-5,15-17,21H2,1-3H3,(H2,33,40)(H,34,41). The van der Waals surface area contributed by atoms with Crippen LogP contribution in [0.1, 0.15) is 63.3 Å². The Bertz CT molecular complexity index is 1560. The molecule has 242 valence electrons. The van der Waals surface area contributed by atoms with Gasteiger partial charge in [0.15, 0.2) is 0 Å². The average Bonchev–Trinajstić information content (AvgIpc) is 3.01. The number of nitrogens with one attached hydrogen (secondary N) is 2. The van der Waals surface area contributed by atoms with Crippen molar-refractivity contribution < 1.29 is 33.0 Å². The van der Waals surface area contributed by atoms with Gasteiger partial charge in [0.25, 0.3) is 21.8 Å². The summed E-state index contributed by atoms with van der Waals surface area (Å²) in [5.41, 5.74) is 6.30. The topological polar surface area (TPSA) is 182 Å². The number of phenolic OH excluding ortho intramolecular Hbond substituents is 1. The highest BCUT2D eigenvalue weighted by Crippen LogP contribution is 2.17. The molecule has 0 aliphatic heterocycles. The maximum Gasteiger partial charge on any atom is 0.253 e. The van der Waals surface area contributed by atoms with Crippen molar-refractivity contribution >= 4 is 27.7 Å². The van der Waals surface area contributed by atoms with E-state index in [1.54, 1.807) is 35.2 Å². The van der Waals surface area contributed by atoms with Crippen LogP contribution in [0.5, 0.6) is 5.75 Å². The fraction of sp³-hybridized carbons (Fsp3) is 0.344. The Labute approximate surface area is 263 Å². The number of rotatable bonds is 16. The molecule has 0 saturated carbocycles. The third-order valence-electron chi connectivity index (χ3n) is 6.96. The van der Waals surface area contributed by atoms with Gasteiger partial charge in [-0.05, 0) is 67.3 Å². The summed E-state index contributed by atoms with van der Waals surface area (Å²) >= 11 is 0. The number of nitrogens with two attached hydrogens (primary N) is 1. The number of aliphatic hydroxyl groups is 1.